The molecule has 37 heavy (non-hydrogen) atoms. The summed E-state index contributed by atoms with van der Waals surface area (Å²) >= 11 is 0. The van der Waals surface area contributed by atoms with E-state index in [0.717, 1.165) is 22.0 Å². The zero-order valence-corrected chi connectivity index (χ0v) is 21.1. The van der Waals surface area contributed by atoms with Gasteiger partial charge in [0.2, 0.25) is 15.9 Å². The molecule has 0 radical (unpaired) electrons. The number of benzene rings is 4. The zero-order valence-electron chi connectivity index (χ0n) is 20.3. The number of ether oxygens (including phenoxy) is 1. The molecule has 1 N–H and O–H groups in total. The Morgan fingerprint density at radius 2 is 1.41 bits per heavy atom. The van der Waals surface area contributed by atoms with Crippen molar-refractivity contribution in [1.82, 2.24) is 4.31 Å². The van der Waals surface area contributed by atoms with Gasteiger partial charge in [-0.05, 0) is 66.6 Å². The van der Waals surface area contributed by atoms with E-state index in [9.17, 15) is 17.6 Å². The fraction of sp³-hybridized carbons (Fsp3) is 0.138. The molecule has 0 bridgehead atoms. The molecular formula is C29H27FN2O4S. The molecule has 6 nitrogen and oxygen atoms in total. The fourth-order valence-electron chi connectivity index (χ4n) is 3.69. The van der Waals surface area contributed by atoms with Gasteiger partial charge in [-0.25, -0.2) is 12.8 Å². The van der Waals surface area contributed by atoms with Crippen LogP contribution in [-0.4, -0.2) is 24.7 Å². The molecule has 0 aliphatic heterocycles. The standard InChI is InChI=1S/C29H27FN2O4S/c1-22(29(33)31-26-14-16-27(17-15-26)36-21-24-10-6-3-7-11-24)32(20-23-8-4-2-5-9-23)37(34,35)28-18-12-25(30)13-19-28/h2-19,22H,20-21H2,1H3,(H,31,33). The van der Waals surface area contributed by atoms with Crippen molar-refractivity contribution in [2.24, 2.45) is 0 Å². The maximum Gasteiger partial charge on any atom is 0.244 e. The van der Waals surface area contributed by atoms with Crippen molar-refractivity contribution in [3.8, 4) is 5.75 Å². The largest absolute Gasteiger partial charge is 0.489 e. The third kappa shape index (κ3) is 6.81. The molecule has 0 aromatic heterocycles. The Labute approximate surface area is 216 Å². The predicted octanol–water partition coefficient (Wildman–Crippen LogP) is 5.62. The van der Waals surface area contributed by atoms with Crippen LogP contribution in [0.15, 0.2) is 114 Å². The first-order valence-electron chi connectivity index (χ1n) is 11.7. The average Bonchev–Trinajstić information content (AvgIpc) is 2.92. The van der Waals surface area contributed by atoms with Gasteiger partial charge in [-0.2, -0.15) is 4.31 Å². The molecule has 0 aliphatic carbocycles. The summed E-state index contributed by atoms with van der Waals surface area (Å²) < 4.78 is 47.3. The van der Waals surface area contributed by atoms with Crippen LogP contribution >= 0.6 is 0 Å². The van der Waals surface area contributed by atoms with E-state index in [2.05, 4.69) is 5.32 Å². The average molecular weight is 519 g/mol. The SMILES string of the molecule is CC(C(=O)Nc1ccc(OCc2ccccc2)cc1)N(Cc1ccccc1)S(=O)(=O)c1ccc(F)cc1. The Morgan fingerprint density at radius 3 is 2.00 bits per heavy atom. The van der Waals surface area contributed by atoms with Gasteiger partial charge < -0.3 is 10.1 Å². The highest BCUT2D eigenvalue weighted by Crippen LogP contribution is 2.23. The summed E-state index contributed by atoms with van der Waals surface area (Å²) in [6.07, 6.45) is 0. The van der Waals surface area contributed by atoms with Crippen molar-refractivity contribution in [3.05, 3.63) is 126 Å². The van der Waals surface area contributed by atoms with E-state index in [0.29, 0.717) is 23.6 Å². The first kappa shape index (κ1) is 26.1. The minimum absolute atomic E-state index is 0.0264. The second-order valence-corrected chi connectivity index (χ2v) is 10.3. The van der Waals surface area contributed by atoms with Crippen LogP contribution in [0.1, 0.15) is 18.1 Å². The molecule has 4 rings (SSSR count). The topological polar surface area (TPSA) is 75.7 Å². The van der Waals surface area contributed by atoms with Gasteiger partial charge in [0.15, 0.2) is 0 Å². The van der Waals surface area contributed by atoms with Crippen LogP contribution in [0.2, 0.25) is 0 Å². The van der Waals surface area contributed by atoms with Crippen molar-refractivity contribution >= 4 is 21.6 Å². The van der Waals surface area contributed by atoms with Crippen LogP contribution < -0.4 is 10.1 Å². The number of nitrogens with one attached hydrogen (secondary N) is 1. The minimum Gasteiger partial charge on any atom is -0.489 e. The van der Waals surface area contributed by atoms with Gasteiger partial charge in [0, 0.05) is 12.2 Å². The van der Waals surface area contributed by atoms with Gasteiger partial charge in [0.05, 0.1) is 4.90 Å². The number of hydrogen-bond donors (Lipinski definition) is 1. The number of anilines is 1. The summed E-state index contributed by atoms with van der Waals surface area (Å²) in [6.45, 7) is 1.91. The van der Waals surface area contributed by atoms with Gasteiger partial charge in [-0.15, -0.1) is 0 Å². The lowest BCUT2D eigenvalue weighted by Gasteiger charge is -2.28. The molecule has 0 aliphatic rings. The molecule has 0 saturated carbocycles. The smallest absolute Gasteiger partial charge is 0.244 e. The maximum atomic E-state index is 13.5. The quantitative estimate of drug-likeness (QED) is 0.296. The molecule has 4 aromatic carbocycles. The molecule has 190 valence electrons. The second-order valence-electron chi connectivity index (χ2n) is 8.45. The number of rotatable bonds is 10. The number of amides is 1. The predicted molar refractivity (Wildman–Crippen MR) is 141 cm³/mol. The van der Waals surface area contributed by atoms with Crippen LogP contribution in [0.5, 0.6) is 5.75 Å². The Morgan fingerprint density at radius 1 is 0.838 bits per heavy atom. The van der Waals surface area contributed by atoms with Gasteiger partial charge in [-0.3, -0.25) is 4.79 Å². The molecule has 1 atom stereocenters. The third-order valence-electron chi connectivity index (χ3n) is 5.78. The van der Waals surface area contributed by atoms with Gasteiger partial charge in [0.1, 0.15) is 24.2 Å². The van der Waals surface area contributed by atoms with Crippen LogP contribution in [-0.2, 0) is 28.0 Å². The molecule has 0 fully saturated rings. The highest BCUT2D eigenvalue weighted by molar-refractivity contribution is 7.89. The molecule has 0 spiro atoms. The van der Waals surface area contributed by atoms with E-state index in [1.807, 2.05) is 36.4 Å². The number of nitrogens with zero attached hydrogens (tertiary/aromatic N) is 1. The van der Waals surface area contributed by atoms with Gasteiger partial charge in [-0.1, -0.05) is 60.7 Å². The number of carbonyl (C=O) groups excluding carboxylic acids is 1. The van der Waals surface area contributed by atoms with Gasteiger partial charge in [0.25, 0.3) is 0 Å². The second kappa shape index (κ2) is 11.8. The van der Waals surface area contributed by atoms with Crippen LogP contribution in [0, 0.1) is 5.82 Å². The number of carbonyl (C=O) groups is 1. The lowest BCUT2D eigenvalue weighted by atomic mass is 10.2. The molecule has 0 heterocycles. The Kier molecular flexibility index (Phi) is 8.32. The molecule has 1 amide bonds. The van der Waals surface area contributed by atoms with Gasteiger partial charge >= 0.3 is 0 Å². The van der Waals surface area contributed by atoms with Crippen LogP contribution in [0.3, 0.4) is 0 Å². The lowest BCUT2D eigenvalue weighted by Crippen LogP contribution is -2.45. The molecule has 4 aromatic rings. The van der Waals surface area contributed by atoms with Crippen molar-refractivity contribution in [2.75, 3.05) is 5.32 Å². The molecule has 0 saturated heterocycles. The Balaban J connectivity index is 1.49. The Bertz CT molecular complexity index is 1410. The summed E-state index contributed by atoms with van der Waals surface area (Å²) in [5.41, 5.74) is 2.25. The monoisotopic (exact) mass is 518 g/mol. The number of sulfonamides is 1. The maximum absolute atomic E-state index is 13.5. The van der Waals surface area contributed by atoms with E-state index >= 15 is 0 Å². The van der Waals surface area contributed by atoms with Crippen molar-refractivity contribution < 1.29 is 22.3 Å². The van der Waals surface area contributed by atoms with Crippen molar-refractivity contribution in [2.45, 2.75) is 31.0 Å². The first-order chi connectivity index (χ1) is 17.8. The number of halogens is 1. The summed E-state index contributed by atoms with van der Waals surface area (Å²) in [6, 6.07) is 29.1. The molecule has 8 heteroatoms. The van der Waals surface area contributed by atoms with Crippen LogP contribution in [0.25, 0.3) is 0 Å². The third-order valence-corrected chi connectivity index (χ3v) is 7.71. The van der Waals surface area contributed by atoms with E-state index in [4.69, 9.17) is 4.74 Å². The first-order valence-corrected chi connectivity index (χ1v) is 13.2. The Hall–Kier alpha value is -4.01. The highest BCUT2D eigenvalue weighted by Gasteiger charge is 2.33. The summed E-state index contributed by atoms with van der Waals surface area (Å²) in [7, 11) is -4.11. The lowest BCUT2D eigenvalue weighted by molar-refractivity contribution is -0.119. The zero-order chi connectivity index (χ0) is 26.3. The van der Waals surface area contributed by atoms with E-state index in [1.54, 1.807) is 48.5 Å². The molecule has 1 unspecified atom stereocenters. The van der Waals surface area contributed by atoms with Crippen LogP contribution in [0.4, 0.5) is 10.1 Å². The highest BCUT2D eigenvalue weighted by atomic mass is 32.2. The van der Waals surface area contributed by atoms with E-state index in [1.165, 1.54) is 19.1 Å². The summed E-state index contributed by atoms with van der Waals surface area (Å²) in [4.78, 5) is 13.1. The molecular weight excluding hydrogens is 491 g/mol. The summed E-state index contributed by atoms with van der Waals surface area (Å²) in [5, 5.41) is 2.78. The van der Waals surface area contributed by atoms with Crippen molar-refractivity contribution in [3.63, 3.8) is 0 Å². The van der Waals surface area contributed by atoms with E-state index < -0.39 is 27.8 Å². The van der Waals surface area contributed by atoms with E-state index in [-0.39, 0.29) is 11.4 Å². The number of hydrogen-bond acceptors (Lipinski definition) is 4. The normalized spacial score (nSPS) is 12.2. The van der Waals surface area contributed by atoms with Crippen molar-refractivity contribution in [1.29, 1.82) is 0 Å². The fourth-order valence-corrected chi connectivity index (χ4v) is 5.27. The summed E-state index contributed by atoms with van der Waals surface area (Å²) in [5.74, 6) is -0.408. The minimum atomic E-state index is -4.11.